The van der Waals surface area contributed by atoms with Crippen molar-refractivity contribution in [3.8, 4) is 11.1 Å². The molecular weight excluding hydrogens is 407 g/mol. The molecule has 0 aromatic heterocycles. The molecule has 0 saturated carbocycles. The van der Waals surface area contributed by atoms with Crippen molar-refractivity contribution in [3.63, 3.8) is 0 Å². The zero-order chi connectivity index (χ0) is 22.1. The first-order valence-corrected chi connectivity index (χ1v) is 9.20. The van der Waals surface area contributed by atoms with Gasteiger partial charge in [-0.15, -0.1) is 0 Å². The number of anilines is 1. The molecule has 31 heavy (non-hydrogen) atoms. The largest absolute Gasteiger partial charge is 0.478 e. The third-order valence-corrected chi connectivity index (χ3v) is 5.11. The number of halogens is 1. The van der Waals surface area contributed by atoms with E-state index in [0.717, 1.165) is 28.3 Å². The maximum Gasteiger partial charge on any atom is 0.411 e. The Morgan fingerprint density at radius 2 is 1.61 bits per heavy atom. The number of carboxylic acids is 1. The molecule has 9 heteroatoms. The highest BCUT2D eigenvalue weighted by molar-refractivity contribution is 6.02. The standard InChI is InChI=1S/C22H15FN2O6/c23-17-9-10-18(25(29)30)20(19(17)21(26)27)24-22(28)31-11-16-14-7-3-1-5-12(14)13-6-2-4-8-15(13)16/h1-10,16H,11H2,(H,24,28)(H,26,27). The minimum absolute atomic E-state index is 0.0919. The molecule has 1 aliphatic rings. The Hall–Kier alpha value is -4.27. The number of carbonyl (C=O) groups is 2. The third kappa shape index (κ3) is 3.57. The van der Waals surface area contributed by atoms with Crippen LogP contribution in [0, 0.1) is 15.9 Å². The van der Waals surface area contributed by atoms with Crippen LogP contribution in [0.5, 0.6) is 0 Å². The van der Waals surface area contributed by atoms with E-state index in [2.05, 4.69) is 0 Å². The van der Waals surface area contributed by atoms with Crippen molar-refractivity contribution in [1.29, 1.82) is 0 Å². The number of nitrogens with one attached hydrogen (secondary N) is 1. The van der Waals surface area contributed by atoms with Gasteiger partial charge in [0.05, 0.1) is 4.92 Å². The first kappa shape index (κ1) is 20.0. The van der Waals surface area contributed by atoms with Gasteiger partial charge >= 0.3 is 12.1 Å². The lowest BCUT2D eigenvalue weighted by atomic mass is 9.98. The molecule has 3 aromatic rings. The summed E-state index contributed by atoms with van der Waals surface area (Å²) >= 11 is 0. The van der Waals surface area contributed by atoms with Gasteiger partial charge < -0.3 is 9.84 Å². The summed E-state index contributed by atoms with van der Waals surface area (Å²) in [6.07, 6.45) is -1.13. The van der Waals surface area contributed by atoms with Crippen LogP contribution in [0.3, 0.4) is 0 Å². The number of nitrogens with zero attached hydrogens (tertiary/aromatic N) is 1. The lowest BCUT2D eigenvalue weighted by Crippen LogP contribution is -2.20. The molecule has 1 aliphatic carbocycles. The second kappa shape index (κ2) is 7.86. The minimum Gasteiger partial charge on any atom is -0.478 e. The van der Waals surface area contributed by atoms with Gasteiger partial charge in [-0.05, 0) is 28.3 Å². The molecule has 0 radical (unpaired) electrons. The van der Waals surface area contributed by atoms with Crippen molar-refractivity contribution in [3.05, 3.63) is 93.3 Å². The van der Waals surface area contributed by atoms with Crippen LogP contribution in [0.25, 0.3) is 11.1 Å². The third-order valence-electron chi connectivity index (χ3n) is 5.11. The number of hydrogen-bond acceptors (Lipinski definition) is 5. The molecule has 0 saturated heterocycles. The number of ether oxygens (including phenoxy) is 1. The second-order valence-electron chi connectivity index (χ2n) is 6.83. The Bertz CT molecular complexity index is 1180. The number of amides is 1. The molecule has 0 bridgehead atoms. The van der Waals surface area contributed by atoms with E-state index in [1.807, 2.05) is 53.8 Å². The minimum atomic E-state index is -1.75. The number of rotatable bonds is 5. The molecular formula is C22H15FN2O6. The van der Waals surface area contributed by atoms with Crippen molar-refractivity contribution < 1.29 is 28.7 Å². The van der Waals surface area contributed by atoms with E-state index in [-0.39, 0.29) is 12.5 Å². The molecule has 156 valence electrons. The Balaban J connectivity index is 1.58. The number of nitro groups is 1. The summed E-state index contributed by atoms with van der Waals surface area (Å²) in [6, 6.07) is 16.7. The van der Waals surface area contributed by atoms with Gasteiger partial charge in [-0.1, -0.05) is 48.5 Å². The lowest BCUT2D eigenvalue weighted by molar-refractivity contribution is -0.384. The predicted octanol–water partition coefficient (Wildman–Crippen LogP) is 4.79. The van der Waals surface area contributed by atoms with Crippen LogP contribution in [0.2, 0.25) is 0 Å². The fourth-order valence-electron chi connectivity index (χ4n) is 3.79. The van der Waals surface area contributed by atoms with Crippen LogP contribution in [-0.2, 0) is 4.74 Å². The Kier molecular flexibility index (Phi) is 5.08. The summed E-state index contributed by atoms with van der Waals surface area (Å²) in [7, 11) is 0. The van der Waals surface area contributed by atoms with Gasteiger partial charge in [-0.25, -0.2) is 14.0 Å². The topological polar surface area (TPSA) is 119 Å². The van der Waals surface area contributed by atoms with Gasteiger partial charge in [0.25, 0.3) is 5.69 Å². The maximum atomic E-state index is 14.0. The molecule has 0 unspecified atom stereocenters. The number of fused-ring (bicyclic) bond motifs is 3. The number of carboxylic acid groups (broad SMARTS) is 1. The molecule has 4 rings (SSSR count). The summed E-state index contributed by atoms with van der Waals surface area (Å²) in [6.45, 7) is -0.0919. The van der Waals surface area contributed by atoms with Gasteiger partial charge in [0.1, 0.15) is 23.7 Å². The smallest absolute Gasteiger partial charge is 0.411 e. The van der Waals surface area contributed by atoms with Crippen molar-refractivity contribution in [2.45, 2.75) is 5.92 Å². The average Bonchev–Trinajstić information content (AvgIpc) is 3.06. The molecule has 2 N–H and O–H groups in total. The highest BCUT2D eigenvalue weighted by atomic mass is 19.1. The van der Waals surface area contributed by atoms with E-state index in [0.29, 0.717) is 6.07 Å². The summed E-state index contributed by atoms with van der Waals surface area (Å²) in [5, 5.41) is 22.5. The van der Waals surface area contributed by atoms with Gasteiger partial charge in [0.2, 0.25) is 0 Å². The molecule has 3 aromatic carbocycles. The van der Waals surface area contributed by atoms with Crippen LogP contribution in [0.15, 0.2) is 60.7 Å². The number of benzene rings is 3. The first-order chi connectivity index (χ1) is 14.9. The van der Waals surface area contributed by atoms with E-state index in [1.54, 1.807) is 0 Å². The number of carbonyl (C=O) groups excluding carboxylic acids is 1. The molecule has 0 fully saturated rings. The van der Waals surface area contributed by atoms with Gasteiger partial charge in [-0.2, -0.15) is 0 Å². The van der Waals surface area contributed by atoms with Crippen LogP contribution in [0.4, 0.5) is 20.6 Å². The Morgan fingerprint density at radius 3 is 2.16 bits per heavy atom. The van der Waals surface area contributed by atoms with Crippen molar-refractivity contribution in [1.82, 2.24) is 0 Å². The summed E-state index contributed by atoms with van der Waals surface area (Å²) in [4.78, 5) is 34.1. The maximum absolute atomic E-state index is 14.0. The van der Waals surface area contributed by atoms with Crippen molar-refractivity contribution >= 4 is 23.4 Å². The fourth-order valence-corrected chi connectivity index (χ4v) is 3.79. The van der Waals surface area contributed by atoms with Crippen LogP contribution >= 0.6 is 0 Å². The van der Waals surface area contributed by atoms with E-state index in [9.17, 15) is 29.2 Å². The van der Waals surface area contributed by atoms with Crippen molar-refractivity contribution in [2.75, 3.05) is 11.9 Å². The second-order valence-corrected chi connectivity index (χ2v) is 6.83. The highest BCUT2D eigenvalue weighted by Crippen LogP contribution is 2.44. The normalized spacial score (nSPS) is 12.0. The Labute approximate surface area is 175 Å². The van der Waals surface area contributed by atoms with Crippen LogP contribution in [0.1, 0.15) is 27.4 Å². The average molecular weight is 422 g/mol. The zero-order valence-electron chi connectivity index (χ0n) is 15.9. The van der Waals surface area contributed by atoms with Gasteiger partial charge in [-0.3, -0.25) is 15.4 Å². The predicted molar refractivity (Wildman–Crippen MR) is 109 cm³/mol. The van der Waals surface area contributed by atoms with Crippen LogP contribution in [-0.4, -0.2) is 28.7 Å². The van der Waals surface area contributed by atoms with Gasteiger partial charge in [0.15, 0.2) is 0 Å². The van der Waals surface area contributed by atoms with E-state index in [4.69, 9.17) is 4.74 Å². The SMILES string of the molecule is O=C(Nc1c([N+](=O)[O-])ccc(F)c1C(=O)O)OCC1c2ccccc2-c2ccccc21. The van der Waals surface area contributed by atoms with Crippen molar-refractivity contribution in [2.24, 2.45) is 0 Å². The summed E-state index contributed by atoms with van der Waals surface area (Å²) in [5.74, 6) is -3.23. The number of hydrogen-bond donors (Lipinski definition) is 2. The quantitative estimate of drug-likeness (QED) is 0.451. The molecule has 0 atom stereocenters. The van der Waals surface area contributed by atoms with E-state index >= 15 is 0 Å². The molecule has 0 heterocycles. The zero-order valence-corrected chi connectivity index (χ0v) is 15.9. The highest BCUT2D eigenvalue weighted by Gasteiger charge is 2.31. The van der Waals surface area contributed by atoms with E-state index < -0.39 is 39.7 Å². The monoisotopic (exact) mass is 422 g/mol. The lowest BCUT2D eigenvalue weighted by Gasteiger charge is -2.15. The fraction of sp³-hybridized carbons (Fsp3) is 0.0909. The number of nitro benzene ring substituents is 1. The molecule has 1 amide bonds. The summed E-state index contributed by atoms with van der Waals surface area (Å²) < 4.78 is 19.2. The Morgan fingerprint density at radius 1 is 1.03 bits per heavy atom. The number of aromatic carboxylic acids is 1. The van der Waals surface area contributed by atoms with Crippen LogP contribution < -0.4 is 5.32 Å². The molecule has 0 aliphatic heterocycles. The van der Waals surface area contributed by atoms with E-state index in [1.165, 1.54) is 0 Å². The summed E-state index contributed by atoms with van der Waals surface area (Å²) in [5.41, 5.74) is 1.41. The molecule has 8 nitrogen and oxygen atoms in total. The van der Waals surface area contributed by atoms with Gasteiger partial charge in [0, 0.05) is 12.0 Å². The molecule has 0 spiro atoms. The first-order valence-electron chi connectivity index (χ1n) is 9.20.